The van der Waals surface area contributed by atoms with Crippen LogP contribution in [0.2, 0.25) is 0 Å². The zero-order chi connectivity index (χ0) is 8.59. The van der Waals surface area contributed by atoms with E-state index in [1.165, 1.54) is 6.08 Å². The Kier molecular flexibility index (Phi) is 3.36. The smallest absolute Gasteiger partial charge is 0.0914 e. The van der Waals surface area contributed by atoms with Crippen molar-refractivity contribution in [3.63, 3.8) is 0 Å². The van der Waals surface area contributed by atoms with Crippen molar-refractivity contribution in [2.24, 2.45) is 0 Å². The molecule has 11 heavy (non-hydrogen) atoms. The van der Waals surface area contributed by atoms with Gasteiger partial charge in [0.05, 0.1) is 22.2 Å². The highest BCUT2D eigenvalue weighted by Crippen LogP contribution is 2.33. The summed E-state index contributed by atoms with van der Waals surface area (Å²) in [6.07, 6.45) is 0.608. The Morgan fingerprint density at radius 1 is 1.18 bits per heavy atom. The Balaban J connectivity index is 2.83. The highest BCUT2D eigenvalue weighted by Gasteiger charge is 2.35. The summed E-state index contributed by atoms with van der Waals surface area (Å²) in [5, 5.41) is 7.97. The summed E-state index contributed by atoms with van der Waals surface area (Å²) in [6.45, 7) is 0. The summed E-state index contributed by atoms with van der Waals surface area (Å²) in [5.41, 5.74) is 0. The van der Waals surface area contributed by atoms with Gasteiger partial charge in [-0.3, -0.25) is 0 Å². The van der Waals surface area contributed by atoms with Crippen LogP contribution >= 0.6 is 46.4 Å². The van der Waals surface area contributed by atoms with Gasteiger partial charge in [-0.1, -0.05) is 11.6 Å². The molecule has 0 aromatic rings. The summed E-state index contributed by atoms with van der Waals surface area (Å²) < 4.78 is 0. The summed E-state index contributed by atoms with van der Waals surface area (Å²) in [7, 11) is 0. The molecule has 0 amide bonds. The van der Waals surface area contributed by atoms with E-state index in [0.29, 0.717) is 5.03 Å². The predicted molar refractivity (Wildman–Crippen MR) is 48.9 cm³/mol. The van der Waals surface area contributed by atoms with E-state index in [9.17, 15) is 5.11 Å². The first-order valence-electron chi connectivity index (χ1n) is 3.01. The first-order valence-corrected chi connectivity index (χ1v) is 4.70. The molecular formula is C6H6Cl4O. The quantitative estimate of drug-likeness (QED) is 0.639. The molecule has 0 heterocycles. The van der Waals surface area contributed by atoms with E-state index in [4.69, 9.17) is 46.4 Å². The average molecular weight is 236 g/mol. The van der Waals surface area contributed by atoms with Crippen LogP contribution in [0.4, 0.5) is 0 Å². The van der Waals surface area contributed by atoms with Crippen molar-refractivity contribution >= 4 is 46.4 Å². The number of allylic oxidation sites excluding steroid dienone is 1. The molecule has 0 bridgehead atoms. The zero-order valence-corrected chi connectivity index (χ0v) is 8.37. The molecule has 0 aliphatic heterocycles. The van der Waals surface area contributed by atoms with Gasteiger partial charge in [0.15, 0.2) is 0 Å². The van der Waals surface area contributed by atoms with Crippen LogP contribution in [0.3, 0.4) is 0 Å². The van der Waals surface area contributed by atoms with E-state index in [2.05, 4.69) is 0 Å². The maximum absolute atomic E-state index is 9.20. The standard InChI is InChI=1S/C6H6Cl4O/c7-2-1-3(11)5(9)6(10)4(2)8/h1,3-6,11H/t3-,4+,5-,6-/m0/s1. The minimum atomic E-state index is -0.804. The van der Waals surface area contributed by atoms with Crippen LogP contribution in [0, 0.1) is 0 Å². The second-order valence-electron chi connectivity index (χ2n) is 2.33. The van der Waals surface area contributed by atoms with Crippen LogP contribution in [-0.4, -0.2) is 27.3 Å². The first kappa shape index (κ1) is 9.94. The van der Waals surface area contributed by atoms with Crippen LogP contribution in [0.1, 0.15) is 0 Å². The fraction of sp³-hybridized carbons (Fsp3) is 0.667. The fourth-order valence-corrected chi connectivity index (χ4v) is 1.99. The van der Waals surface area contributed by atoms with Crippen molar-refractivity contribution in [3.8, 4) is 0 Å². The monoisotopic (exact) mass is 234 g/mol. The maximum Gasteiger partial charge on any atom is 0.0914 e. The number of alkyl halides is 3. The van der Waals surface area contributed by atoms with Gasteiger partial charge in [-0.15, -0.1) is 34.8 Å². The van der Waals surface area contributed by atoms with Gasteiger partial charge in [0.2, 0.25) is 0 Å². The second kappa shape index (κ2) is 3.71. The van der Waals surface area contributed by atoms with Crippen LogP contribution in [0.25, 0.3) is 0 Å². The van der Waals surface area contributed by atoms with E-state index in [0.717, 1.165) is 0 Å². The molecular weight excluding hydrogens is 230 g/mol. The van der Waals surface area contributed by atoms with Crippen molar-refractivity contribution < 1.29 is 5.11 Å². The van der Waals surface area contributed by atoms with Gasteiger partial charge in [0, 0.05) is 5.03 Å². The highest BCUT2D eigenvalue weighted by atomic mass is 35.5. The Morgan fingerprint density at radius 3 is 2.27 bits per heavy atom. The lowest BCUT2D eigenvalue weighted by molar-refractivity contribution is 0.209. The second-order valence-corrected chi connectivity index (χ2v) is 4.25. The van der Waals surface area contributed by atoms with Crippen LogP contribution in [0.5, 0.6) is 0 Å². The third-order valence-electron chi connectivity index (χ3n) is 1.50. The molecule has 0 aromatic heterocycles. The van der Waals surface area contributed by atoms with Gasteiger partial charge in [-0.25, -0.2) is 0 Å². The molecule has 0 spiro atoms. The largest absolute Gasteiger partial charge is 0.387 e. The zero-order valence-electron chi connectivity index (χ0n) is 5.35. The van der Waals surface area contributed by atoms with E-state index >= 15 is 0 Å². The van der Waals surface area contributed by atoms with E-state index in [-0.39, 0.29) is 0 Å². The van der Waals surface area contributed by atoms with Gasteiger partial charge in [-0.05, 0) is 6.08 Å². The molecule has 1 nitrogen and oxygen atoms in total. The van der Waals surface area contributed by atoms with Crippen molar-refractivity contribution in [1.82, 2.24) is 0 Å². The van der Waals surface area contributed by atoms with Gasteiger partial charge in [-0.2, -0.15) is 0 Å². The average Bonchev–Trinajstić information content (AvgIpc) is 1.97. The van der Waals surface area contributed by atoms with E-state index in [1.54, 1.807) is 0 Å². The number of hydrogen-bond donors (Lipinski definition) is 1. The molecule has 0 radical (unpaired) electrons. The molecule has 0 saturated heterocycles. The van der Waals surface area contributed by atoms with Crippen molar-refractivity contribution in [2.75, 3.05) is 0 Å². The Bertz CT molecular complexity index is 181. The van der Waals surface area contributed by atoms with Crippen LogP contribution in [-0.2, 0) is 0 Å². The molecule has 0 fully saturated rings. The van der Waals surface area contributed by atoms with Gasteiger partial charge >= 0.3 is 0 Å². The number of aliphatic hydroxyl groups excluding tert-OH is 1. The number of halogens is 4. The molecule has 0 aromatic carbocycles. The molecule has 1 rings (SSSR count). The maximum atomic E-state index is 9.20. The van der Waals surface area contributed by atoms with Gasteiger partial charge in [0.1, 0.15) is 0 Å². The molecule has 1 N–H and O–H groups in total. The number of aliphatic hydroxyl groups is 1. The normalized spacial score (nSPS) is 45.4. The van der Waals surface area contributed by atoms with E-state index < -0.39 is 22.2 Å². The molecule has 5 heteroatoms. The van der Waals surface area contributed by atoms with Crippen molar-refractivity contribution in [1.29, 1.82) is 0 Å². The summed E-state index contributed by atoms with van der Waals surface area (Å²) in [4.78, 5) is 0. The summed E-state index contributed by atoms with van der Waals surface area (Å²) in [5.74, 6) is 0. The third-order valence-corrected chi connectivity index (χ3v) is 3.79. The fourth-order valence-electron chi connectivity index (χ4n) is 0.849. The third kappa shape index (κ3) is 1.96. The Labute approximate surface area is 84.9 Å². The molecule has 0 unspecified atom stereocenters. The summed E-state index contributed by atoms with van der Waals surface area (Å²) >= 11 is 22.9. The Hall–Kier alpha value is 0.860. The predicted octanol–water partition coefficient (Wildman–Crippen LogP) is 2.31. The molecule has 1 aliphatic carbocycles. The minimum Gasteiger partial charge on any atom is -0.387 e. The van der Waals surface area contributed by atoms with Crippen molar-refractivity contribution in [2.45, 2.75) is 22.2 Å². The van der Waals surface area contributed by atoms with Crippen LogP contribution in [0.15, 0.2) is 11.1 Å². The molecule has 64 valence electrons. The number of rotatable bonds is 0. The van der Waals surface area contributed by atoms with Gasteiger partial charge in [0.25, 0.3) is 0 Å². The molecule has 4 atom stereocenters. The van der Waals surface area contributed by atoms with E-state index in [1.807, 2.05) is 0 Å². The minimum absolute atomic E-state index is 0.357. The van der Waals surface area contributed by atoms with Crippen molar-refractivity contribution in [3.05, 3.63) is 11.1 Å². The lowest BCUT2D eigenvalue weighted by Gasteiger charge is -2.28. The molecule has 1 aliphatic rings. The van der Waals surface area contributed by atoms with Gasteiger partial charge < -0.3 is 5.11 Å². The lowest BCUT2D eigenvalue weighted by Crippen LogP contribution is -2.38. The van der Waals surface area contributed by atoms with Crippen LogP contribution < -0.4 is 0 Å². The SMILES string of the molecule is O[C@H]1C=C(Cl)[C@@H](Cl)[C@H](Cl)[C@H]1Cl. The lowest BCUT2D eigenvalue weighted by atomic mass is 10.0. The topological polar surface area (TPSA) is 20.2 Å². The highest BCUT2D eigenvalue weighted by molar-refractivity contribution is 6.42. The molecule has 0 saturated carbocycles. The summed E-state index contributed by atoms with van der Waals surface area (Å²) in [6, 6.07) is 0. The Morgan fingerprint density at radius 2 is 1.73 bits per heavy atom. The number of hydrogen-bond acceptors (Lipinski definition) is 1. The first-order chi connectivity index (χ1) is 5.04.